The predicted molar refractivity (Wildman–Crippen MR) is 247 cm³/mol. The van der Waals surface area contributed by atoms with Crippen LogP contribution in [0.15, 0.2) is 89.6 Å². The highest BCUT2D eigenvalue weighted by Gasteiger charge is 2.39. The van der Waals surface area contributed by atoms with Crippen molar-refractivity contribution in [3.05, 3.63) is 96.8 Å². The summed E-state index contributed by atoms with van der Waals surface area (Å²) in [4.78, 5) is 71.4. The third-order valence-corrected chi connectivity index (χ3v) is 13.0. The van der Waals surface area contributed by atoms with Gasteiger partial charge in [0.15, 0.2) is 0 Å². The molecule has 2 aliphatic heterocycles. The first kappa shape index (κ1) is 43.1. The molecule has 4 amide bonds. The Hall–Kier alpha value is -7.16. The quantitative estimate of drug-likeness (QED) is 0.0928. The van der Waals surface area contributed by atoms with Crippen molar-refractivity contribution in [3.8, 4) is 44.8 Å². The Balaban J connectivity index is 0.919. The SMILES string of the molecule is COC(=O)N[C@H](C(=O)N1CCC[C@H]1c1ncc(-c2ccc(-c3ccc(-c4ccc(-c5cnc([C@@H]6CCCN6C(=O)[C@@H](NC(=O)OC)C(C)C)[nH]5)cc4)c4c5ccc(o5)c34)cc2)[nH]1)C(C)C. The lowest BCUT2D eigenvalue weighted by atomic mass is 9.91. The second kappa shape index (κ2) is 17.8. The Morgan fingerprint density at radius 2 is 0.985 bits per heavy atom. The van der Waals surface area contributed by atoms with Gasteiger partial charge in [0.25, 0.3) is 0 Å². The Kier molecular flexibility index (Phi) is 11.8. The minimum Gasteiger partial charge on any atom is -0.456 e. The first-order valence-corrected chi connectivity index (χ1v) is 22.3. The van der Waals surface area contributed by atoms with Crippen molar-refractivity contribution in [2.45, 2.75) is 77.5 Å². The van der Waals surface area contributed by atoms with Crippen molar-refractivity contribution >= 4 is 45.9 Å². The molecule has 65 heavy (non-hydrogen) atoms. The van der Waals surface area contributed by atoms with Gasteiger partial charge in [-0.15, -0.1) is 0 Å². The number of aromatic amines is 2. The molecule has 4 aromatic heterocycles. The number of carbonyl (C=O) groups is 4. The molecule has 0 spiro atoms. The number of alkyl carbamates (subject to hydrolysis) is 2. The third kappa shape index (κ3) is 8.15. The van der Waals surface area contributed by atoms with E-state index in [2.05, 4.69) is 81.3 Å². The van der Waals surface area contributed by atoms with Crippen LogP contribution in [-0.4, -0.2) is 93.1 Å². The summed E-state index contributed by atoms with van der Waals surface area (Å²) in [5, 5.41) is 7.54. The van der Waals surface area contributed by atoms with Crippen LogP contribution < -0.4 is 10.6 Å². The lowest BCUT2D eigenvalue weighted by Gasteiger charge is -2.30. The number of likely N-dealkylation sites (tertiary alicyclic amines) is 2. The van der Waals surface area contributed by atoms with E-state index in [4.69, 9.17) is 23.9 Å². The molecule has 9 rings (SSSR count). The molecule has 3 aromatic carbocycles. The van der Waals surface area contributed by atoms with Crippen molar-refractivity contribution in [1.29, 1.82) is 0 Å². The van der Waals surface area contributed by atoms with Crippen LogP contribution in [0, 0.1) is 11.8 Å². The molecule has 7 aromatic rings. The van der Waals surface area contributed by atoms with Crippen molar-refractivity contribution in [1.82, 2.24) is 40.4 Å². The van der Waals surface area contributed by atoms with Crippen LogP contribution in [-0.2, 0) is 19.1 Å². The summed E-state index contributed by atoms with van der Waals surface area (Å²) in [7, 11) is 2.58. The first-order valence-electron chi connectivity index (χ1n) is 22.3. The van der Waals surface area contributed by atoms with Gasteiger partial charge in [0.05, 0.1) is 50.1 Å². The van der Waals surface area contributed by atoms with Crippen LogP contribution in [0.2, 0.25) is 0 Å². The zero-order chi connectivity index (χ0) is 45.5. The molecule has 4 N–H and O–H groups in total. The molecule has 336 valence electrons. The maximum absolute atomic E-state index is 13.7. The van der Waals surface area contributed by atoms with Gasteiger partial charge in [-0.2, -0.15) is 0 Å². The molecular formula is C50H54N8O7. The zero-order valence-corrected chi connectivity index (χ0v) is 37.4. The highest BCUT2D eigenvalue weighted by atomic mass is 16.5. The van der Waals surface area contributed by atoms with Gasteiger partial charge in [-0.3, -0.25) is 9.59 Å². The number of carbonyl (C=O) groups excluding carboxylic acids is 4. The van der Waals surface area contributed by atoms with Crippen LogP contribution in [0.3, 0.4) is 0 Å². The minimum absolute atomic E-state index is 0.115. The number of ether oxygens (including phenoxy) is 2. The van der Waals surface area contributed by atoms with Gasteiger partial charge in [-0.05, 0) is 83.0 Å². The largest absolute Gasteiger partial charge is 0.456 e. The monoisotopic (exact) mass is 878 g/mol. The summed E-state index contributed by atoms with van der Waals surface area (Å²) in [6.45, 7) is 8.79. The number of rotatable bonds is 12. The molecule has 4 atom stereocenters. The van der Waals surface area contributed by atoms with Gasteiger partial charge >= 0.3 is 12.2 Å². The van der Waals surface area contributed by atoms with Gasteiger partial charge in [-0.1, -0.05) is 88.4 Å². The van der Waals surface area contributed by atoms with Crippen LogP contribution in [0.1, 0.15) is 77.1 Å². The van der Waals surface area contributed by atoms with E-state index in [1.54, 1.807) is 0 Å². The van der Waals surface area contributed by atoms with E-state index < -0.39 is 24.3 Å². The number of fused-ring (bicyclic) bond motifs is 5. The number of imidazole rings is 2. The molecule has 0 radical (unpaired) electrons. The number of amides is 4. The molecule has 0 aliphatic carbocycles. The number of H-pyrrole nitrogens is 2. The Morgan fingerprint density at radius 3 is 1.35 bits per heavy atom. The topological polar surface area (TPSA) is 188 Å². The number of hydrogen-bond acceptors (Lipinski definition) is 9. The highest BCUT2D eigenvalue weighted by Crippen LogP contribution is 2.44. The number of hydrogen-bond donors (Lipinski definition) is 4. The molecule has 0 saturated carbocycles. The van der Waals surface area contributed by atoms with Gasteiger partial charge in [0, 0.05) is 23.9 Å². The molecular weight excluding hydrogens is 825 g/mol. The maximum atomic E-state index is 13.7. The standard InChI is InChI=1S/C50H54N8O7/c1-27(2)43(55-49(61)63-5)47(59)57-23-7-9-37(57)45-51-25-35(53-45)31-15-11-29(12-16-31)33-19-20-34(42-40-22-21-39(65-40)41(33)42)30-13-17-32(18-14-30)36-26-52-46(54-36)38-10-8-24-58(38)48(60)44(28(3)4)56-50(62)64-6/h11-22,25-28,37-38,43-44H,7-10,23-24H2,1-6H3,(H,51,53)(H,52,54)(H,55,61)(H,56,62)/t37-,38-,43-,44-/m0/s1. The van der Waals surface area contributed by atoms with Crippen LogP contribution >= 0.6 is 0 Å². The lowest BCUT2D eigenvalue weighted by molar-refractivity contribution is -0.136. The average molecular weight is 879 g/mol. The molecule has 2 fully saturated rings. The third-order valence-electron chi connectivity index (χ3n) is 13.0. The van der Waals surface area contributed by atoms with E-state index in [1.807, 2.05) is 62.0 Å². The molecule has 2 saturated heterocycles. The Morgan fingerprint density at radius 1 is 0.600 bits per heavy atom. The van der Waals surface area contributed by atoms with Gasteiger partial charge in [0.2, 0.25) is 11.8 Å². The molecule has 15 nitrogen and oxygen atoms in total. The summed E-state index contributed by atoms with van der Waals surface area (Å²) < 4.78 is 15.9. The van der Waals surface area contributed by atoms with E-state index in [0.717, 1.165) is 104 Å². The molecule has 0 unspecified atom stereocenters. The van der Waals surface area contributed by atoms with E-state index in [1.165, 1.54) is 14.2 Å². The summed E-state index contributed by atoms with van der Waals surface area (Å²) in [5.41, 5.74) is 9.52. The average Bonchev–Trinajstić information content (AvgIpc) is 4.19. The van der Waals surface area contributed by atoms with E-state index in [9.17, 15) is 19.2 Å². The molecule has 2 aliphatic rings. The predicted octanol–water partition coefficient (Wildman–Crippen LogP) is 9.23. The molecule has 2 bridgehead atoms. The fourth-order valence-corrected chi connectivity index (χ4v) is 9.55. The number of benzene rings is 4. The van der Waals surface area contributed by atoms with Crippen molar-refractivity contribution in [2.75, 3.05) is 27.3 Å². The van der Waals surface area contributed by atoms with Crippen LogP contribution in [0.5, 0.6) is 0 Å². The fraction of sp³-hybridized carbons (Fsp3) is 0.360. The number of nitrogens with one attached hydrogen (secondary N) is 4. The molecule has 15 heteroatoms. The summed E-state index contributed by atoms with van der Waals surface area (Å²) >= 11 is 0. The number of methoxy groups -OCH3 is 2. The normalized spacial score (nSPS) is 17.4. The minimum atomic E-state index is -0.699. The maximum Gasteiger partial charge on any atom is 0.407 e. The first-order chi connectivity index (χ1) is 31.4. The summed E-state index contributed by atoms with van der Waals surface area (Å²) in [6.07, 6.45) is 5.60. The number of nitrogens with zero attached hydrogens (tertiary/aromatic N) is 4. The fourth-order valence-electron chi connectivity index (χ4n) is 9.55. The number of furan rings is 2. The Labute approximate surface area is 376 Å². The Bertz CT molecular complexity index is 2650. The lowest BCUT2D eigenvalue weighted by Crippen LogP contribution is -2.51. The smallest absolute Gasteiger partial charge is 0.407 e. The zero-order valence-electron chi connectivity index (χ0n) is 37.4. The van der Waals surface area contributed by atoms with Crippen molar-refractivity contribution < 1.29 is 33.1 Å². The van der Waals surface area contributed by atoms with E-state index in [0.29, 0.717) is 13.1 Å². The van der Waals surface area contributed by atoms with Crippen LogP contribution in [0.4, 0.5) is 9.59 Å². The van der Waals surface area contributed by atoms with Gasteiger partial charge in [-0.25, -0.2) is 19.6 Å². The second-order valence-corrected chi connectivity index (χ2v) is 17.7. The summed E-state index contributed by atoms with van der Waals surface area (Å²) in [6, 6.07) is 23.3. The highest BCUT2D eigenvalue weighted by molar-refractivity contribution is 6.19. The summed E-state index contributed by atoms with van der Waals surface area (Å²) in [5.74, 6) is 0.920. The molecule has 6 heterocycles. The van der Waals surface area contributed by atoms with Gasteiger partial charge in [0.1, 0.15) is 34.9 Å². The second-order valence-electron chi connectivity index (χ2n) is 17.7. The van der Waals surface area contributed by atoms with E-state index in [-0.39, 0.29) is 35.7 Å². The van der Waals surface area contributed by atoms with E-state index >= 15 is 0 Å². The van der Waals surface area contributed by atoms with Crippen molar-refractivity contribution in [3.63, 3.8) is 0 Å². The van der Waals surface area contributed by atoms with Gasteiger partial charge < -0.3 is 44.3 Å². The van der Waals surface area contributed by atoms with Crippen LogP contribution in [0.25, 0.3) is 66.7 Å². The number of aromatic nitrogens is 4. The van der Waals surface area contributed by atoms with Crippen molar-refractivity contribution in [2.24, 2.45) is 11.8 Å².